The molecule has 2 aromatic rings. The molecular weight excluding hydrogens is 240 g/mol. The average Bonchev–Trinajstić information content (AvgIpc) is 3.06. The Morgan fingerprint density at radius 3 is 2.79 bits per heavy atom. The van der Waals surface area contributed by atoms with E-state index in [0.29, 0.717) is 0 Å². The Labute approximate surface area is 112 Å². The van der Waals surface area contributed by atoms with Gasteiger partial charge in [0, 0.05) is 26.3 Å². The molecule has 2 heterocycles. The lowest BCUT2D eigenvalue weighted by Crippen LogP contribution is -2.18. The highest BCUT2D eigenvalue weighted by molar-refractivity contribution is 5.54. The second-order valence-electron chi connectivity index (χ2n) is 4.84. The van der Waals surface area contributed by atoms with Crippen LogP contribution in [-0.4, -0.2) is 34.5 Å². The number of nitrogens with one attached hydrogen (secondary N) is 1. The van der Waals surface area contributed by atoms with E-state index in [9.17, 15) is 0 Å². The fourth-order valence-corrected chi connectivity index (χ4v) is 2.49. The smallest absolute Gasteiger partial charge is 0.181 e. The molecule has 19 heavy (non-hydrogen) atoms. The molecule has 1 aromatic heterocycles. The van der Waals surface area contributed by atoms with Gasteiger partial charge in [0.15, 0.2) is 5.82 Å². The molecule has 1 aromatic carbocycles. The summed E-state index contributed by atoms with van der Waals surface area (Å²) in [6, 6.07) is 10.3. The van der Waals surface area contributed by atoms with Crippen LogP contribution in [0, 0.1) is 0 Å². The molecule has 1 fully saturated rings. The van der Waals surface area contributed by atoms with Crippen LogP contribution in [0.1, 0.15) is 18.3 Å². The Balaban J connectivity index is 1.86. The van der Waals surface area contributed by atoms with Gasteiger partial charge < -0.3 is 10.1 Å². The highest BCUT2D eigenvalue weighted by Crippen LogP contribution is 2.25. The van der Waals surface area contributed by atoms with E-state index in [2.05, 4.69) is 15.4 Å². The molecule has 5 nitrogen and oxygen atoms in total. The summed E-state index contributed by atoms with van der Waals surface area (Å²) in [4.78, 5) is 4.66. The standard InChI is InChI=1S/C14H18N4O/c1-18-14(12-8-11(19-2)9-15-12)16-13(17-18)10-6-4-3-5-7-10/h3-7,11-12,15H,8-9H2,1-2H3. The lowest BCUT2D eigenvalue weighted by atomic mass is 10.2. The summed E-state index contributed by atoms with van der Waals surface area (Å²) in [6.45, 7) is 0.870. The van der Waals surface area contributed by atoms with Crippen LogP contribution in [-0.2, 0) is 11.8 Å². The Kier molecular flexibility index (Phi) is 3.31. The number of hydrogen-bond donors (Lipinski definition) is 1. The zero-order valence-electron chi connectivity index (χ0n) is 11.2. The second-order valence-corrected chi connectivity index (χ2v) is 4.84. The number of rotatable bonds is 3. The summed E-state index contributed by atoms with van der Waals surface area (Å²) in [5.41, 5.74) is 1.05. The summed E-state index contributed by atoms with van der Waals surface area (Å²) < 4.78 is 7.23. The predicted molar refractivity (Wildman–Crippen MR) is 72.6 cm³/mol. The highest BCUT2D eigenvalue weighted by Gasteiger charge is 2.28. The first-order chi connectivity index (χ1) is 9.28. The van der Waals surface area contributed by atoms with Crippen LogP contribution < -0.4 is 5.32 Å². The van der Waals surface area contributed by atoms with Crippen molar-refractivity contribution in [2.45, 2.75) is 18.6 Å². The van der Waals surface area contributed by atoms with Gasteiger partial charge in [-0.05, 0) is 6.42 Å². The van der Waals surface area contributed by atoms with Crippen LogP contribution >= 0.6 is 0 Å². The molecule has 0 spiro atoms. The maximum absolute atomic E-state index is 5.37. The Bertz CT molecular complexity index is 552. The summed E-state index contributed by atoms with van der Waals surface area (Å²) in [5, 5.41) is 7.93. The topological polar surface area (TPSA) is 52.0 Å². The molecule has 100 valence electrons. The first kappa shape index (κ1) is 12.3. The van der Waals surface area contributed by atoms with E-state index >= 15 is 0 Å². The van der Waals surface area contributed by atoms with E-state index in [1.165, 1.54) is 0 Å². The first-order valence-electron chi connectivity index (χ1n) is 6.50. The van der Waals surface area contributed by atoms with Gasteiger partial charge in [-0.2, -0.15) is 5.10 Å². The number of benzene rings is 1. The molecule has 0 radical (unpaired) electrons. The van der Waals surface area contributed by atoms with Gasteiger partial charge in [0.2, 0.25) is 0 Å². The minimum absolute atomic E-state index is 0.222. The maximum atomic E-state index is 5.37. The van der Waals surface area contributed by atoms with Crippen molar-refractivity contribution in [3.8, 4) is 11.4 Å². The molecule has 0 bridgehead atoms. The van der Waals surface area contributed by atoms with Gasteiger partial charge in [-0.25, -0.2) is 4.98 Å². The van der Waals surface area contributed by atoms with Crippen LogP contribution in [0.3, 0.4) is 0 Å². The predicted octanol–water partition coefficient (Wildman–Crippen LogP) is 1.53. The molecule has 1 aliphatic rings. The van der Waals surface area contributed by atoms with Gasteiger partial charge in [0.25, 0.3) is 0 Å². The summed E-state index contributed by atoms with van der Waals surface area (Å²) in [6.07, 6.45) is 1.21. The first-order valence-corrected chi connectivity index (χ1v) is 6.50. The SMILES string of the molecule is COC1CNC(c2nc(-c3ccccc3)nn2C)C1. The van der Waals surface area contributed by atoms with E-state index in [1.54, 1.807) is 7.11 Å². The number of methoxy groups -OCH3 is 1. The van der Waals surface area contributed by atoms with E-state index in [0.717, 1.165) is 30.2 Å². The summed E-state index contributed by atoms with van der Waals surface area (Å²) >= 11 is 0. The summed E-state index contributed by atoms with van der Waals surface area (Å²) in [7, 11) is 3.69. The third-order valence-corrected chi connectivity index (χ3v) is 3.56. The second kappa shape index (κ2) is 5.11. The van der Waals surface area contributed by atoms with Crippen LogP contribution in [0.25, 0.3) is 11.4 Å². The molecule has 2 unspecified atom stereocenters. The molecule has 0 amide bonds. The zero-order chi connectivity index (χ0) is 13.2. The molecule has 2 atom stereocenters. The monoisotopic (exact) mass is 258 g/mol. The van der Waals surface area contributed by atoms with Crippen LogP contribution in [0.5, 0.6) is 0 Å². The van der Waals surface area contributed by atoms with Crippen LogP contribution in [0.2, 0.25) is 0 Å². The molecular formula is C14H18N4O. The molecule has 1 saturated heterocycles. The van der Waals surface area contributed by atoms with Gasteiger partial charge in [-0.15, -0.1) is 0 Å². The van der Waals surface area contributed by atoms with Gasteiger partial charge in [0.05, 0.1) is 12.1 Å². The zero-order valence-corrected chi connectivity index (χ0v) is 11.2. The molecule has 3 rings (SSSR count). The highest BCUT2D eigenvalue weighted by atomic mass is 16.5. The fraction of sp³-hybridized carbons (Fsp3) is 0.429. The van der Waals surface area contributed by atoms with Gasteiger partial charge >= 0.3 is 0 Å². The number of aryl methyl sites for hydroxylation is 1. The number of ether oxygens (including phenoxy) is 1. The molecule has 0 aliphatic carbocycles. The van der Waals surface area contributed by atoms with Crippen molar-refractivity contribution in [2.24, 2.45) is 7.05 Å². The average molecular weight is 258 g/mol. The van der Waals surface area contributed by atoms with Crippen molar-refractivity contribution in [3.63, 3.8) is 0 Å². The van der Waals surface area contributed by atoms with E-state index in [1.807, 2.05) is 42.1 Å². The van der Waals surface area contributed by atoms with E-state index in [-0.39, 0.29) is 12.1 Å². The third-order valence-electron chi connectivity index (χ3n) is 3.56. The van der Waals surface area contributed by atoms with Crippen LogP contribution in [0.4, 0.5) is 0 Å². The minimum atomic E-state index is 0.222. The Hall–Kier alpha value is -1.72. The Morgan fingerprint density at radius 1 is 1.32 bits per heavy atom. The van der Waals surface area contributed by atoms with Crippen molar-refractivity contribution in [1.82, 2.24) is 20.1 Å². The molecule has 5 heteroatoms. The van der Waals surface area contributed by atoms with Crippen molar-refractivity contribution < 1.29 is 4.74 Å². The Morgan fingerprint density at radius 2 is 2.11 bits per heavy atom. The third kappa shape index (κ3) is 2.39. The fourth-order valence-electron chi connectivity index (χ4n) is 2.49. The summed E-state index contributed by atoms with van der Waals surface area (Å²) in [5.74, 6) is 1.75. The number of hydrogen-bond acceptors (Lipinski definition) is 4. The van der Waals surface area contributed by atoms with E-state index < -0.39 is 0 Å². The maximum Gasteiger partial charge on any atom is 0.181 e. The number of aromatic nitrogens is 3. The van der Waals surface area contributed by atoms with Crippen molar-refractivity contribution in [3.05, 3.63) is 36.2 Å². The minimum Gasteiger partial charge on any atom is -0.380 e. The van der Waals surface area contributed by atoms with Gasteiger partial charge in [0.1, 0.15) is 5.82 Å². The van der Waals surface area contributed by atoms with Crippen molar-refractivity contribution in [1.29, 1.82) is 0 Å². The van der Waals surface area contributed by atoms with Crippen LogP contribution in [0.15, 0.2) is 30.3 Å². The van der Waals surface area contributed by atoms with Gasteiger partial charge in [-0.3, -0.25) is 4.68 Å². The molecule has 1 aliphatic heterocycles. The van der Waals surface area contributed by atoms with Crippen molar-refractivity contribution >= 4 is 0 Å². The molecule has 1 N–H and O–H groups in total. The van der Waals surface area contributed by atoms with Crippen molar-refractivity contribution in [2.75, 3.05) is 13.7 Å². The molecule has 0 saturated carbocycles. The lowest BCUT2D eigenvalue weighted by Gasteiger charge is -2.08. The number of nitrogens with zero attached hydrogens (tertiary/aromatic N) is 3. The van der Waals surface area contributed by atoms with E-state index in [4.69, 9.17) is 4.74 Å². The largest absolute Gasteiger partial charge is 0.380 e. The quantitative estimate of drug-likeness (QED) is 0.907. The normalized spacial score (nSPS) is 22.8. The lowest BCUT2D eigenvalue weighted by molar-refractivity contribution is 0.117. The van der Waals surface area contributed by atoms with Gasteiger partial charge in [-0.1, -0.05) is 30.3 Å².